The summed E-state index contributed by atoms with van der Waals surface area (Å²) in [7, 11) is 1.17. The summed E-state index contributed by atoms with van der Waals surface area (Å²) < 4.78 is 34.2. The quantitative estimate of drug-likeness (QED) is 0.0195. The molecule has 0 aromatic rings. The van der Waals surface area contributed by atoms with Crippen molar-refractivity contribution in [2.24, 2.45) is 0 Å². The van der Waals surface area contributed by atoms with Crippen molar-refractivity contribution >= 4 is 19.8 Å². The lowest BCUT2D eigenvalue weighted by Gasteiger charge is -2.28. The van der Waals surface area contributed by atoms with Gasteiger partial charge >= 0.3 is 11.9 Å². The standard InChI is InChI=1S/C63H120NO8P/c1-6-8-10-12-14-16-18-20-22-24-26-28-29-30-31-32-33-34-36-37-39-41-43-45-47-49-51-53-55-62(65)69-59-61(60-71-73(67,68)70-58-57-64(3,4)5)72-63(66)56-54-52-50-48-46-44-42-40-38-35-27-25-23-21-19-17-15-13-11-9-7-2/h19,21,25,27,38,40,61H,6-18,20,22-24,26,28-37,39,41-60H2,1-5H3/b21-19-,27-25-,40-38-. The van der Waals surface area contributed by atoms with E-state index in [0.717, 1.165) is 70.6 Å². The van der Waals surface area contributed by atoms with Crippen LogP contribution in [-0.2, 0) is 32.7 Å². The average Bonchev–Trinajstić information content (AvgIpc) is 3.35. The Labute approximate surface area is 452 Å². The molecule has 0 rings (SSSR count). The summed E-state index contributed by atoms with van der Waals surface area (Å²) in [5.41, 5.74) is 0. The van der Waals surface area contributed by atoms with Crippen molar-refractivity contribution in [2.75, 3.05) is 47.5 Å². The van der Waals surface area contributed by atoms with Crippen LogP contribution in [0.4, 0.5) is 0 Å². The first kappa shape index (κ1) is 71.2. The summed E-state index contributed by atoms with van der Waals surface area (Å²) in [5.74, 6) is -0.834. The number of esters is 2. The third-order valence-electron chi connectivity index (χ3n) is 13.9. The maximum absolute atomic E-state index is 12.8. The first-order valence-electron chi connectivity index (χ1n) is 31.2. The number of rotatable bonds is 58. The second kappa shape index (κ2) is 55.0. The third-order valence-corrected chi connectivity index (χ3v) is 14.9. The van der Waals surface area contributed by atoms with Crippen LogP contribution < -0.4 is 4.89 Å². The fourth-order valence-corrected chi connectivity index (χ4v) is 9.81. The van der Waals surface area contributed by atoms with E-state index in [4.69, 9.17) is 18.5 Å². The van der Waals surface area contributed by atoms with Crippen LogP contribution in [0.15, 0.2) is 36.5 Å². The van der Waals surface area contributed by atoms with Gasteiger partial charge in [0.15, 0.2) is 6.10 Å². The molecule has 0 saturated carbocycles. The number of quaternary nitrogens is 1. The SMILES string of the molecule is CCCCCCC/C=C\C/C=C\C/C=C\CCCCCCCCC(=O)OC(COC(=O)CCCCCCCCCCCCCCCCCCCCCCCCCCCCCC)COP(=O)([O-])OCC[N+](C)(C)C. The molecule has 10 heteroatoms. The van der Waals surface area contributed by atoms with Gasteiger partial charge in [0.05, 0.1) is 27.7 Å². The van der Waals surface area contributed by atoms with Gasteiger partial charge in [0.25, 0.3) is 7.82 Å². The van der Waals surface area contributed by atoms with Crippen molar-refractivity contribution in [1.29, 1.82) is 0 Å². The minimum atomic E-state index is -4.64. The number of hydrogen-bond donors (Lipinski definition) is 0. The second-order valence-electron chi connectivity index (χ2n) is 22.4. The highest BCUT2D eigenvalue weighted by Crippen LogP contribution is 2.38. The molecule has 0 aromatic carbocycles. The van der Waals surface area contributed by atoms with Crippen molar-refractivity contribution in [3.63, 3.8) is 0 Å². The molecule has 73 heavy (non-hydrogen) atoms. The molecule has 0 fully saturated rings. The number of hydrogen-bond acceptors (Lipinski definition) is 8. The summed E-state index contributed by atoms with van der Waals surface area (Å²) >= 11 is 0. The largest absolute Gasteiger partial charge is 0.756 e. The Kier molecular flexibility index (Phi) is 53.7. The molecule has 0 aliphatic carbocycles. The molecule has 430 valence electrons. The lowest BCUT2D eigenvalue weighted by atomic mass is 10.0. The number of carbonyl (C=O) groups excluding carboxylic acids is 2. The van der Waals surface area contributed by atoms with Gasteiger partial charge in [-0.25, -0.2) is 0 Å². The van der Waals surface area contributed by atoms with E-state index in [9.17, 15) is 19.0 Å². The van der Waals surface area contributed by atoms with Gasteiger partial charge in [0.2, 0.25) is 0 Å². The summed E-state index contributed by atoms with van der Waals surface area (Å²) in [6.07, 6.45) is 67.8. The minimum Gasteiger partial charge on any atom is -0.756 e. The van der Waals surface area contributed by atoms with Crippen LogP contribution in [0, 0.1) is 0 Å². The van der Waals surface area contributed by atoms with Gasteiger partial charge < -0.3 is 27.9 Å². The Bertz CT molecular complexity index is 1330. The highest BCUT2D eigenvalue weighted by molar-refractivity contribution is 7.45. The first-order chi connectivity index (χ1) is 35.5. The lowest BCUT2D eigenvalue weighted by molar-refractivity contribution is -0.870. The third kappa shape index (κ3) is 59.3. The van der Waals surface area contributed by atoms with Crippen LogP contribution in [0.5, 0.6) is 0 Å². The van der Waals surface area contributed by atoms with E-state index in [2.05, 4.69) is 50.3 Å². The lowest BCUT2D eigenvalue weighted by Crippen LogP contribution is -2.37. The molecule has 0 aromatic heterocycles. The monoisotopic (exact) mass is 1050 g/mol. The van der Waals surface area contributed by atoms with E-state index in [-0.39, 0.29) is 32.0 Å². The molecule has 0 radical (unpaired) electrons. The van der Waals surface area contributed by atoms with Gasteiger partial charge in [-0.2, -0.15) is 0 Å². The van der Waals surface area contributed by atoms with Crippen molar-refractivity contribution in [3.05, 3.63) is 36.5 Å². The van der Waals surface area contributed by atoms with Crippen LogP contribution in [-0.4, -0.2) is 70.0 Å². The molecule has 2 atom stereocenters. The van der Waals surface area contributed by atoms with Crippen molar-refractivity contribution in [3.8, 4) is 0 Å². The van der Waals surface area contributed by atoms with Gasteiger partial charge in [-0.05, 0) is 51.4 Å². The Morgan fingerprint density at radius 2 is 0.740 bits per heavy atom. The summed E-state index contributed by atoms with van der Waals surface area (Å²) in [4.78, 5) is 37.9. The number of unbranched alkanes of at least 4 members (excludes halogenated alkanes) is 38. The van der Waals surface area contributed by atoms with Gasteiger partial charge in [0.1, 0.15) is 19.8 Å². The van der Waals surface area contributed by atoms with E-state index >= 15 is 0 Å². The van der Waals surface area contributed by atoms with Crippen molar-refractivity contribution < 1.29 is 42.1 Å². The molecule has 0 heterocycles. The summed E-state index contributed by atoms with van der Waals surface area (Å²) in [6, 6.07) is 0. The second-order valence-corrected chi connectivity index (χ2v) is 23.8. The van der Waals surface area contributed by atoms with Gasteiger partial charge in [-0.3, -0.25) is 14.2 Å². The molecule has 0 aliphatic rings. The van der Waals surface area contributed by atoms with Gasteiger partial charge in [0, 0.05) is 12.8 Å². The number of likely N-dealkylation sites (N-methyl/N-ethyl adjacent to an activating group) is 1. The zero-order valence-electron chi connectivity index (χ0n) is 48.9. The Hall–Kier alpha value is -1.77. The Balaban J connectivity index is 4.09. The normalized spacial score (nSPS) is 13.5. The van der Waals surface area contributed by atoms with Crippen LogP contribution in [0.2, 0.25) is 0 Å². The number of nitrogens with zero attached hydrogens (tertiary/aromatic N) is 1. The van der Waals surface area contributed by atoms with Crippen LogP contribution in [0.3, 0.4) is 0 Å². The maximum Gasteiger partial charge on any atom is 0.306 e. The zero-order valence-corrected chi connectivity index (χ0v) is 49.7. The number of phosphoric acid groups is 1. The average molecular weight is 1050 g/mol. The molecule has 0 N–H and O–H groups in total. The molecular formula is C63H120NO8P. The summed E-state index contributed by atoms with van der Waals surface area (Å²) in [6.45, 7) is 4.26. The molecular weight excluding hydrogens is 930 g/mol. The number of ether oxygens (including phenoxy) is 2. The van der Waals surface area contributed by atoms with Gasteiger partial charge in [-0.1, -0.05) is 275 Å². The molecule has 0 aliphatic heterocycles. The van der Waals surface area contributed by atoms with Crippen molar-refractivity contribution in [1.82, 2.24) is 0 Å². The number of carbonyl (C=O) groups is 2. The highest BCUT2D eigenvalue weighted by atomic mass is 31.2. The smallest absolute Gasteiger partial charge is 0.306 e. The topological polar surface area (TPSA) is 111 Å². The van der Waals surface area contributed by atoms with Crippen molar-refractivity contribution in [2.45, 2.75) is 309 Å². The highest BCUT2D eigenvalue weighted by Gasteiger charge is 2.22. The number of allylic oxidation sites excluding steroid dienone is 6. The van der Waals surface area contributed by atoms with E-state index in [0.29, 0.717) is 17.4 Å². The molecule has 2 unspecified atom stereocenters. The van der Waals surface area contributed by atoms with E-state index in [1.165, 1.54) is 199 Å². The van der Waals surface area contributed by atoms with Crippen LogP contribution in [0.1, 0.15) is 303 Å². The summed E-state index contributed by atoms with van der Waals surface area (Å²) in [5, 5.41) is 0. The first-order valence-corrected chi connectivity index (χ1v) is 32.7. The molecule has 0 bridgehead atoms. The molecule has 9 nitrogen and oxygen atoms in total. The molecule has 0 amide bonds. The molecule has 0 saturated heterocycles. The van der Waals surface area contributed by atoms with E-state index < -0.39 is 26.5 Å². The number of phosphoric ester groups is 1. The maximum atomic E-state index is 12.8. The predicted molar refractivity (Wildman–Crippen MR) is 310 cm³/mol. The fraction of sp³-hybridized carbons (Fsp3) is 0.873. The Morgan fingerprint density at radius 3 is 1.10 bits per heavy atom. The fourth-order valence-electron chi connectivity index (χ4n) is 9.08. The van der Waals surface area contributed by atoms with E-state index in [1.807, 2.05) is 21.1 Å². The van der Waals surface area contributed by atoms with E-state index in [1.54, 1.807) is 0 Å². The van der Waals surface area contributed by atoms with Gasteiger partial charge in [-0.15, -0.1) is 0 Å². The zero-order chi connectivity index (χ0) is 53.5. The van der Waals surface area contributed by atoms with Crippen LogP contribution in [0.25, 0.3) is 0 Å². The van der Waals surface area contributed by atoms with Crippen LogP contribution >= 0.6 is 7.82 Å². The predicted octanol–water partition coefficient (Wildman–Crippen LogP) is 18.9. The molecule has 0 spiro atoms. The Morgan fingerprint density at radius 1 is 0.425 bits per heavy atom. The minimum absolute atomic E-state index is 0.0324.